The average Bonchev–Trinajstić information content (AvgIpc) is 2.00. The Morgan fingerprint density at radius 3 is 2.47 bits per heavy atom. The van der Waals surface area contributed by atoms with Gasteiger partial charge in [-0.2, -0.15) is 0 Å². The van der Waals surface area contributed by atoms with Gasteiger partial charge in [-0.25, -0.2) is 4.79 Å². The largest absolute Gasteiger partial charge is 0.444 e. The fourth-order valence-corrected chi connectivity index (χ4v) is 1.08. The monoisotopic (exact) mass is 214 g/mol. The molecule has 0 aromatic rings. The standard InChI is InChI=1S/C11H22N2O2/c1-6-7-9(8-12-5)13-10(14)15-11(2,3)4/h6-7,9,12H,8H2,1-5H3,(H,13,14). The maximum atomic E-state index is 11.4. The van der Waals surface area contributed by atoms with Crippen molar-refractivity contribution in [2.45, 2.75) is 39.3 Å². The number of nitrogens with one attached hydrogen (secondary N) is 2. The van der Waals surface area contributed by atoms with Gasteiger partial charge in [-0.3, -0.25) is 0 Å². The van der Waals surface area contributed by atoms with Crippen LogP contribution in [0.1, 0.15) is 27.7 Å². The minimum atomic E-state index is -0.454. The summed E-state index contributed by atoms with van der Waals surface area (Å²) >= 11 is 0. The molecule has 0 bridgehead atoms. The SMILES string of the molecule is CC=CC(CNC)NC(=O)OC(C)(C)C. The highest BCUT2D eigenvalue weighted by Crippen LogP contribution is 2.06. The molecule has 15 heavy (non-hydrogen) atoms. The highest BCUT2D eigenvalue weighted by molar-refractivity contribution is 5.68. The van der Waals surface area contributed by atoms with E-state index in [4.69, 9.17) is 4.74 Å². The van der Waals surface area contributed by atoms with Crippen LogP contribution in [0.5, 0.6) is 0 Å². The van der Waals surface area contributed by atoms with Crippen molar-refractivity contribution >= 4 is 6.09 Å². The Kier molecular flexibility index (Phi) is 6.01. The van der Waals surface area contributed by atoms with Crippen LogP contribution in [0.4, 0.5) is 4.79 Å². The third kappa shape index (κ3) is 8.00. The number of ether oxygens (including phenoxy) is 1. The normalized spacial score (nSPS) is 13.9. The summed E-state index contributed by atoms with van der Waals surface area (Å²) in [4.78, 5) is 11.4. The predicted octanol–water partition coefficient (Wildman–Crippen LogP) is 1.68. The molecule has 0 aliphatic carbocycles. The lowest BCUT2D eigenvalue weighted by Gasteiger charge is -2.22. The average molecular weight is 214 g/mol. The van der Waals surface area contributed by atoms with E-state index in [1.165, 1.54) is 0 Å². The van der Waals surface area contributed by atoms with E-state index in [2.05, 4.69) is 10.6 Å². The topological polar surface area (TPSA) is 50.4 Å². The van der Waals surface area contributed by atoms with Crippen LogP contribution in [-0.2, 0) is 4.74 Å². The minimum absolute atomic E-state index is 0.0325. The molecule has 1 unspecified atom stereocenters. The molecule has 0 fully saturated rings. The van der Waals surface area contributed by atoms with Crippen LogP contribution >= 0.6 is 0 Å². The van der Waals surface area contributed by atoms with Crippen molar-refractivity contribution in [1.82, 2.24) is 10.6 Å². The van der Waals surface area contributed by atoms with E-state index in [1.807, 2.05) is 46.9 Å². The Morgan fingerprint density at radius 2 is 2.07 bits per heavy atom. The number of carbonyl (C=O) groups is 1. The molecule has 0 aromatic heterocycles. The van der Waals surface area contributed by atoms with Gasteiger partial charge in [0, 0.05) is 6.54 Å². The lowest BCUT2D eigenvalue weighted by atomic mass is 10.2. The number of alkyl carbamates (subject to hydrolysis) is 1. The summed E-state index contributed by atoms with van der Waals surface area (Å²) < 4.78 is 5.15. The van der Waals surface area contributed by atoms with Crippen LogP contribution in [-0.4, -0.2) is 31.3 Å². The molecule has 0 aliphatic heterocycles. The van der Waals surface area contributed by atoms with E-state index < -0.39 is 5.60 Å². The zero-order valence-electron chi connectivity index (χ0n) is 10.3. The molecule has 0 heterocycles. The van der Waals surface area contributed by atoms with Gasteiger partial charge < -0.3 is 15.4 Å². The van der Waals surface area contributed by atoms with Crippen molar-refractivity contribution in [3.8, 4) is 0 Å². The summed E-state index contributed by atoms with van der Waals surface area (Å²) in [6.07, 6.45) is 3.43. The van der Waals surface area contributed by atoms with Gasteiger partial charge in [0.15, 0.2) is 0 Å². The number of amides is 1. The van der Waals surface area contributed by atoms with Gasteiger partial charge in [-0.05, 0) is 34.7 Å². The van der Waals surface area contributed by atoms with Gasteiger partial charge in [0.25, 0.3) is 0 Å². The van der Waals surface area contributed by atoms with E-state index in [0.29, 0.717) is 6.54 Å². The number of hydrogen-bond acceptors (Lipinski definition) is 3. The van der Waals surface area contributed by atoms with Gasteiger partial charge in [0.1, 0.15) is 5.60 Å². The highest BCUT2D eigenvalue weighted by Gasteiger charge is 2.17. The van der Waals surface area contributed by atoms with Crippen LogP contribution in [0, 0.1) is 0 Å². The Balaban J connectivity index is 4.11. The van der Waals surface area contributed by atoms with Gasteiger partial charge in [0.05, 0.1) is 6.04 Å². The molecule has 0 saturated carbocycles. The number of rotatable bonds is 4. The second kappa shape index (κ2) is 6.45. The van der Waals surface area contributed by atoms with Crippen molar-refractivity contribution in [2.75, 3.05) is 13.6 Å². The first kappa shape index (κ1) is 14.0. The molecule has 0 aliphatic rings. The fourth-order valence-electron chi connectivity index (χ4n) is 1.08. The molecule has 2 N–H and O–H groups in total. The highest BCUT2D eigenvalue weighted by atomic mass is 16.6. The third-order valence-corrected chi connectivity index (χ3v) is 1.55. The van der Waals surface area contributed by atoms with Gasteiger partial charge in [-0.1, -0.05) is 12.2 Å². The number of carbonyl (C=O) groups excluding carboxylic acids is 1. The summed E-state index contributed by atoms with van der Waals surface area (Å²) in [6.45, 7) is 8.13. The zero-order chi connectivity index (χ0) is 11.9. The summed E-state index contributed by atoms with van der Waals surface area (Å²) in [6, 6.07) is -0.0325. The molecule has 0 saturated heterocycles. The van der Waals surface area contributed by atoms with Crippen molar-refractivity contribution < 1.29 is 9.53 Å². The molecule has 4 nitrogen and oxygen atoms in total. The predicted molar refractivity (Wildman–Crippen MR) is 61.9 cm³/mol. The Morgan fingerprint density at radius 1 is 1.47 bits per heavy atom. The summed E-state index contributed by atoms with van der Waals surface area (Å²) in [5.41, 5.74) is -0.454. The van der Waals surface area contributed by atoms with Crippen molar-refractivity contribution in [2.24, 2.45) is 0 Å². The van der Waals surface area contributed by atoms with Crippen LogP contribution < -0.4 is 10.6 Å². The Bertz CT molecular complexity index is 219. The first-order valence-electron chi connectivity index (χ1n) is 5.16. The zero-order valence-corrected chi connectivity index (χ0v) is 10.3. The molecule has 1 amide bonds. The van der Waals surface area contributed by atoms with E-state index in [-0.39, 0.29) is 12.1 Å². The van der Waals surface area contributed by atoms with Crippen molar-refractivity contribution in [3.63, 3.8) is 0 Å². The van der Waals surface area contributed by atoms with Crippen molar-refractivity contribution in [3.05, 3.63) is 12.2 Å². The number of hydrogen-bond donors (Lipinski definition) is 2. The van der Waals surface area contributed by atoms with Crippen molar-refractivity contribution in [1.29, 1.82) is 0 Å². The van der Waals surface area contributed by atoms with Gasteiger partial charge in [-0.15, -0.1) is 0 Å². The van der Waals surface area contributed by atoms with E-state index in [1.54, 1.807) is 0 Å². The molecular formula is C11H22N2O2. The van der Waals surface area contributed by atoms with Crippen LogP contribution in [0.3, 0.4) is 0 Å². The maximum Gasteiger partial charge on any atom is 0.408 e. The van der Waals surface area contributed by atoms with E-state index in [0.717, 1.165) is 0 Å². The second-order valence-corrected chi connectivity index (χ2v) is 4.34. The quantitative estimate of drug-likeness (QED) is 0.700. The lowest BCUT2D eigenvalue weighted by molar-refractivity contribution is 0.0514. The molecule has 0 radical (unpaired) electrons. The van der Waals surface area contributed by atoms with E-state index in [9.17, 15) is 4.79 Å². The smallest absolute Gasteiger partial charge is 0.408 e. The second-order valence-electron chi connectivity index (χ2n) is 4.34. The Hall–Kier alpha value is -1.03. The van der Waals surface area contributed by atoms with E-state index >= 15 is 0 Å². The summed E-state index contributed by atoms with van der Waals surface area (Å²) in [5.74, 6) is 0. The maximum absolute atomic E-state index is 11.4. The van der Waals surface area contributed by atoms with Crippen LogP contribution in [0.15, 0.2) is 12.2 Å². The number of likely N-dealkylation sites (N-methyl/N-ethyl adjacent to an activating group) is 1. The Labute approximate surface area is 92.1 Å². The van der Waals surface area contributed by atoms with Crippen LogP contribution in [0.25, 0.3) is 0 Å². The lowest BCUT2D eigenvalue weighted by Crippen LogP contribution is -2.42. The van der Waals surface area contributed by atoms with Gasteiger partial charge >= 0.3 is 6.09 Å². The molecular weight excluding hydrogens is 192 g/mol. The molecule has 0 spiro atoms. The summed E-state index contributed by atoms with van der Waals surface area (Å²) in [5, 5.41) is 5.76. The minimum Gasteiger partial charge on any atom is -0.444 e. The molecule has 0 aromatic carbocycles. The molecule has 88 valence electrons. The van der Waals surface area contributed by atoms with Crippen LogP contribution in [0.2, 0.25) is 0 Å². The first-order valence-corrected chi connectivity index (χ1v) is 5.16. The molecule has 4 heteroatoms. The van der Waals surface area contributed by atoms with Gasteiger partial charge in [0.2, 0.25) is 0 Å². The fraction of sp³-hybridized carbons (Fsp3) is 0.727. The summed E-state index contributed by atoms with van der Waals surface area (Å²) in [7, 11) is 1.84. The number of allylic oxidation sites excluding steroid dienone is 1. The molecule has 1 atom stereocenters. The third-order valence-electron chi connectivity index (χ3n) is 1.55. The molecule has 0 rings (SSSR count). The first-order chi connectivity index (χ1) is 6.89.